The van der Waals surface area contributed by atoms with Crippen LogP contribution in [0.4, 0.5) is 0 Å². The number of hydrogen-bond donors (Lipinski definition) is 2. The number of aliphatic hydroxyl groups excluding tert-OH is 1. The van der Waals surface area contributed by atoms with Gasteiger partial charge in [0.2, 0.25) is 0 Å². The molecule has 3 aromatic carbocycles. The van der Waals surface area contributed by atoms with E-state index >= 15 is 0 Å². The molecule has 39 heavy (non-hydrogen) atoms. The highest BCUT2D eigenvalue weighted by molar-refractivity contribution is 7.80. The summed E-state index contributed by atoms with van der Waals surface area (Å²) < 4.78 is 19.4. The monoisotopic (exact) mass is 546 g/mol. The molecule has 2 aliphatic rings. The molecule has 0 amide bonds. The van der Waals surface area contributed by atoms with E-state index in [4.69, 9.17) is 26.4 Å². The van der Waals surface area contributed by atoms with E-state index < -0.39 is 18.2 Å². The lowest BCUT2D eigenvalue weighted by Gasteiger charge is -2.46. The standard InChI is InChI=1S/C32H38N2O4S/c35-28-19-27(23-36-20-24-11-4-1-5-12-24)30(37-21-25-13-6-2-7-14-25)31(38-22-26-15-8-3-9-16-26)29(28)33-32(39)34-17-10-18-34/h1-9,11-16,27-31,35H,10,17-23H2,(H,33,39)/t27-,28-,29+,30-,31-/m1/s1. The van der Waals surface area contributed by atoms with Crippen LogP contribution in [0.2, 0.25) is 0 Å². The Bertz CT molecular complexity index is 1150. The zero-order chi connectivity index (χ0) is 26.9. The summed E-state index contributed by atoms with van der Waals surface area (Å²) in [6, 6.07) is 30.0. The quantitative estimate of drug-likeness (QED) is 0.338. The number of hydrogen-bond acceptors (Lipinski definition) is 5. The summed E-state index contributed by atoms with van der Waals surface area (Å²) in [6.45, 7) is 3.71. The van der Waals surface area contributed by atoms with Gasteiger partial charge in [-0.25, -0.2) is 0 Å². The van der Waals surface area contributed by atoms with Crippen LogP contribution in [0, 0.1) is 5.92 Å². The Kier molecular flexibility index (Phi) is 9.97. The number of nitrogens with zero attached hydrogens (tertiary/aromatic N) is 1. The summed E-state index contributed by atoms with van der Waals surface area (Å²) in [5, 5.41) is 15.5. The molecule has 1 saturated heterocycles. The molecule has 0 radical (unpaired) electrons. The zero-order valence-electron chi connectivity index (χ0n) is 22.2. The highest BCUT2D eigenvalue weighted by Gasteiger charge is 2.46. The van der Waals surface area contributed by atoms with E-state index in [1.165, 1.54) is 0 Å². The van der Waals surface area contributed by atoms with E-state index in [0.29, 0.717) is 38.0 Å². The minimum atomic E-state index is -0.660. The molecule has 2 N–H and O–H groups in total. The van der Waals surface area contributed by atoms with Gasteiger partial charge < -0.3 is 29.5 Å². The second kappa shape index (κ2) is 14.0. The fraction of sp³-hybridized carbons (Fsp3) is 0.406. The predicted octanol–water partition coefficient (Wildman–Crippen LogP) is 4.70. The van der Waals surface area contributed by atoms with Gasteiger partial charge >= 0.3 is 0 Å². The second-order valence-electron chi connectivity index (χ2n) is 10.4. The van der Waals surface area contributed by atoms with Crippen LogP contribution in [0.25, 0.3) is 0 Å². The van der Waals surface area contributed by atoms with Gasteiger partial charge in [0.15, 0.2) is 5.11 Å². The Morgan fingerprint density at radius 1 is 0.769 bits per heavy atom. The SMILES string of the molecule is O[C@@H]1C[C@H](COCc2ccccc2)[C@@H](OCc2ccccc2)[C@H](OCc2ccccc2)[C@H]1NC(=S)N1CCC1. The first-order valence-electron chi connectivity index (χ1n) is 13.8. The van der Waals surface area contributed by atoms with Gasteiger partial charge in [0.05, 0.1) is 44.7 Å². The average molecular weight is 547 g/mol. The lowest BCUT2D eigenvalue weighted by molar-refractivity contribution is -0.172. The van der Waals surface area contributed by atoms with Gasteiger partial charge in [0.25, 0.3) is 0 Å². The summed E-state index contributed by atoms with van der Waals surface area (Å²) in [5.74, 6) is -0.0520. The van der Waals surface area contributed by atoms with Gasteiger partial charge in [0.1, 0.15) is 6.10 Å². The summed E-state index contributed by atoms with van der Waals surface area (Å²) in [5.41, 5.74) is 3.28. The van der Waals surface area contributed by atoms with Crippen LogP contribution in [-0.4, -0.2) is 59.2 Å². The molecule has 5 atom stereocenters. The van der Waals surface area contributed by atoms with Gasteiger partial charge in [-0.1, -0.05) is 91.0 Å². The predicted molar refractivity (Wildman–Crippen MR) is 156 cm³/mol. The van der Waals surface area contributed by atoms with Crippen molar-refractivity contribution in [1.82, 2.24) is 10.2 Å². The fourth-order valence-electron chi connectivity index (χ4n) is 5.24. The Morgan fingerprint density at radius 2 is 1.28 bits per heavy atom. The first-order chi connectivity index (χ1) is 19.2. The number of aliphatic hydroxyl groups is 1. The van der Waals surface area contributed by atoms with Gasteiger partial charge in [-0.2, -0.15) is 0 Å². The number of likely N-dealkylation sites (tertiary alicyclic amines) is 1. The first kappa shape index (κ1) is 27.7. The maximum atomic E-state index is 11.4. The van der Waals surface area contributed by atoms with Crippen LogP contribution in [0.3, 0.4) is 0 Å². The smallest absolute Gasteiger partial charge is 0.169 e. The molecule has 206 valence electrons. The molecule has 0 aromatic heterocycles. The van der Waals surface area contributed by atoms with E-state index in [1.807, 2.05) is 66.7 Å². The molecule has 1 heterocycles. The third kappa shape index (κ3) is 7.65. The molecule has 3 aromatic rings. The molecule has 7 heteroatoms. The van der Waals surface area contributed by atoms with Crippen molar-refractivity contribution in [3.05, 3.63) is 108 Å². The van der Waals surface area contributed by atoms with E-state index in [9.17, 15) is 5.11 Å². The highest BCUT2D eigenvalue weighted by atomic mass is 32.1. The normalized spacial score (nSPS) is 24.6. The Labute approximate surface area is 236 Å². The van der Waals surface area contributed by atoms with Crippen LogP contribution in [0.15, 0.2) is 91.0 Å². The maximum absolute atomic E-state index is 11.4. The Balaban J connectivity index is 1.36. The number of ether oxygens (including phenoxy) is 3. The van der Waals surface area contributed by atoms with Gasteiger partial charge in [-0.05, 0) is 41.7 Å². The zero-order valence-corrected chi connectivity index (χ0v) is 23.0. The third-order valence-corrected chi connectivity index (χ3v) is 7.92. The summed E-state index contributed by atoms with van der Waals surface area (Å²) in [4.78, 5) is 2.13. The molecule has 0 spiro atoms. The molecule has 5 rings (SSSR count). The molecule has 0 bridgehead atoms. The third-order valence-electron chi connectivity index (χ3n) is 7.55. The maximum Gasteiger partial charge on any atom is 0.169 e. The molecule has 1 saturated carbocycles. The van der Waals surface area contributed by atoms with Gasteiger partial charge in [0, 0.05) is 19.0 Å². The van der Waals surface area contributed by atoms with Crippen molar-refractivity contribution in [2.24, 2.45) is 5.92 Å². The van der Waals surface area contributed by atoms with Crippen molar-refractivity contribution in [2.75, 3.05) is 19.7 Å². The van der Waals surface area contributed by atoms with Crippen molar-refractivity contribution >= 4 is 17.3 Å². The van der Waals surface area contributed by atoms with Crippen molar-refractivity contribution in [3.8, 4) is 0 Å². The molecule has 1 aliphatic heterocycles. The van der Waals surface area contributed by atoms with Gasteiger partial charge in [-0.3, -0.25) is 0 Å². The first-order valence-corrected chi connectivity index (χ1v) is 14.2. The molecule has 2 fully saturated rings. The summed E-state index contributed by atoms with van der Waals surface area (Å²) in [6.07, 6.45) is 0.269. The summed E-state index contributed by atoms with van der Waals surface area (Å²) in [7, 11) is 0. The fourth-order valence-corrected chi connectivity index (χ4v) is 5.56. The van der Waals surface area contributed by atoms with E-state index in [-0.39, 0.29) is 12.0 Å². The van der Waals surface area contributed by atoms with E-state index in [2.05, 4.69) is 34.5 Å². The van der Waals surface area contributed by atoms with Crippen LogP contribution in [-0.2, 0) is 34.0 Å². The molecular weight excluding hydrogens is 508 g/mol. The largest absolute Gasteiger partial charge is 0.391 e. The highest BCUT2D eigenvalue weighted by Crippen LogP contribution is 2.32. The molecule has 1 aliphatic carbocycles. The molecule has 6 nitrogen and oxygen atoms in total. The van der Waals surface area contributed by atoms with E-state index in [0.717, 1.165) is 36.2 Å². The second-order valence-corrected chi connectivity index (χ2v) is 10.8. The van der Waals surface area contributed by atoms with Crippen LogP contribution >= 0.6 is 12.2 Å². The number of nitrogens with one attached hydrogen (secondary N) is 1. The lowest BCUT2D eigenvalue weighted by Crippen LogP contribution is -2.64. The molecule has 0 unspecified atom stereocenters. The van der Waals surface area contributed by atoms with Crippen molar-refractivity contribution in [1.29, 1.82) is 0 Å². The lowest BCUT2D eigenvalue weighted by atomic mass is 9.79. The summed E-state index contributed by atoms with van der Waals surface area (Å²) >= 11 is 5.71. The van der Waals surface area contributed by atoms with Crippen LogP contribution in [0.5, 0.6) is 0 Å². The number of rotatable bonds is 11. The Morgan fingerprint density at radius 3 is 1.79 bits per heavy atom. The van der Waals surface area contributed by atoms with Crippen LogP contribution in [0.1, 0.15) is 29.5 Å². The average Bonchev–Trinajstić information content (AvgIpc) is 2.93. The minimum Gasteiger partial charge on any atom is -0.391 e. The van der Waals surface area contributed by atoms with Gasteiger partial charge in [-0.15, -0.1) is 0 Å². The van der Waals surface area contributed by atoms with Crippen molar-refractivity contribution < 1.29 is 19.3 Å². The minimum absolute atomic E-state index is 0.0520. The topological polar surface area (TPSA) is 63.2 Å². The van der Waals surface area contributed by atoms with E-state index in [1.54, 1.807) is 0 Å². The van der Waals surface area contributed by atoms with Crippen molar-refractivity contribution in [2.45, 2.75) is 57.0 Å². The number of benzene rings is 3. The van der Waals surface area contributed by atoms with Crippen LogP contribution < -0.4 is 5.32 Å². The Hall–Kier alpha value is -2.81. The van der Waals surface area contributed by atoms with Crippen molar-refractivity contribution in [3.63, 3.8) is 0 Å². The number of thiocarbonyl (C=S) groups is 1. The molecular formula is C32H38N2O4S.